The molecule has 2 N–H and O–H groups in total. The Labute approximate surface area is 197 Å². The van der Waals surface area contributed by atoms with Crippen molar-refractivity contribution in [3.63, 3.8) is 0 Å². The maximum Gasteiger partial charge on any atom is 0.338 e. The van der Waals surface area contributed by atoms with E-state index in [1.165, 1.54) is 6.07 Å². The molecule has 0 radical (unpaired) electrons. The maximum atomic E-state index is 14.1. The van der Waals surface area contributed by atoms with Gasteiger partial charge in [0.05, 0.1) is 23.2 Å². The minimum absolute atomic E-state index is 0.0694. The quantitative estimate of drug-likeness (QED) is 0.426. The number of aromatic carboxylic acids is 1. The Kier molecular flexibility index (Phi) is 7.55. The normalized spacial score (nSPS) is 11.6. The molecule has 0 saturated heterocycles. The van der Waals surface area contributed by atoms with Gasteiger partial charge in [-0.05, 0) is 48.7 Å². The summed E-state index contributed by atoms with van der Waals surface area (Å²) in [6.45, 7) is 7.73. The third-order valence-electron chi connectivity index (χ3n) is 4.84. The molecule has 0 aliphatic heterocycles. The van der Waals surface area contributed by atoms with Crippen molar-refractivity contribution in [1.82, 2.24) is 10.1 Å². The van der Waals surface area contributed by atoms with Crippen LogP contribution in [-0.4, -0.2) is 49.0 Å². The van der Waals surface area contributed by atoms with Crippen LogP contribution in [0.1, 0.15) is 37.6 Å². The molecule has 1 aromatic heterocycles. The SMILES string of the molecule is CCCN(CC(C)C)c1ccc(-c2nc(-c3ccc(C(=O)O)c(F)c3)no2)cc1NS(C)(=O)=O. The first-order chi connectivity index (χ1) is 16.0. The van der Waals surface area contributed by atoms with Crippen LogP contribution < -0.4 is 9.62 Å². The highest BCUT2D eigenvalue weighted by molar-refractivity contribution is 7.92. The summed E-state index contributed by atoms with van der Waals surface area (Å²) >= 11 is 0. The molecule has 182 valence electrons. The van der Waals surface area contributed by atoms with Crippen LogP contribution in [0, 0.1) is 11.7 Å². The number of aromatic nitrogens is 2. The molecule has 0 saturated carbocycles. The molecular formula is C23H27FN4O5S. The van der Waals surface area contributed by atoms with E-state index in [0.29, 0.717) is 17.2 Å². The van der Waals surface area contributed by atoms with Crippen LogP contribution in [-0.2, 0) is 10.0 Å². The summed E-state index contributed by atoms with van der Waals surface area (Å²) in [6.07, 6.45) is 1.97. The summed E-state index contributed by atoms with van der Waals surface area (Å²) < 4.78 is 46.0. The Morgan fingerprint density at radius 2 is 1.91 bits per heavy atom. The van der Waals surface area contributed by atoms with Crippen LogP contribution in [0.3, 0.4) is 0 Å². The zero-order chi connectivity index (χ0) is 25.0. The number of nitrogens with zero attached hydrogens (tertiary/aromatic N) is 3. The minimum atomic E-state index is -3.56. The molecule has 34 heavy (non-hydrogen) atoms. The van der Waals surface area contributed by atoms with Gasteiger partial charge in [-0.3, -0.25) is 4.72 Å². The van der Waals surface area contributed by atoms with E-state index in [4.69, 9.17) is 9.63 Å². The van der Waals surface area contributed by atoms with Gasteiger partial charge >= 0.3 is 5.97 Å². The number of hydrogen-bond acceptors (Lipinski definition) is 7. The van der Waals surface area contributed by atoms with E-state index in [9.17, 15) is 17.6 Å². The van der Waals surface area contributed by atoms with E-state index in [2.05, 4.69) is 40.5 Å². The van der Waals surface area contributed by atoms with Crippen molar-refractivity contribution in [3.8, 4) is 22.8 Å². The van der Waals surface area contributed by atoms with Crippen molar-refractivity contribution in [2.75, 3.05) is 29.0 Å². The standard InChI is InChI=1S/C23H27FN4O5S/c1-5-10-28(13-14(2)3)20-9-7-16(12-19(20)27-34(4,31)32)22-25-21(26-33-22)15-6-8-17(23(29)30)18(24)11-15/h6-9,11-12,14,27H,5,10,13H2,1-4H3,(H,29,30). The van der Waals surface area contributed by atoms with Crippen LogP contribution >= 0.6 is 0 Å². The average molecular weight is 491 g/mol. The van der Waals surface area contributed by atoms with E-state index in [0.717, 1.165) is 43.6 Å². The van der Waals surface area contributed by atoms with Gasteiger partial charge in [0.1, 0.15) is 5.82 Å². The van der Waals surface area contributed by atoms with Crippen molar-refractivity contribution >= 4 is 27.4 Å². The highest BCUT2D eigenvalue weighted by atomic mass is 32.2. The van der Waals surface area contributed by atoms with Gasteiger partial charge in [0.15, 0.2) is 0 Å². The van der Waals surface area contributed by atoms with E-state index in [1.54, 1.807) is 18.2 Å². The molecule has 1 heterocycles. The Morgan fingerprint density at radius 1 is 1.21 bits per heavy atom. The second-order valence-corrected chi connectivity index (χ2v) is 10.1. The second-order valence-electron chi connectivity index (χ2n) is 8.37. The Hall–Kier alpha value is -3.47. The fourth-order valence-corrected chi connectivity index (χ4v) is 4.10. The van der Waals surface area contributed by atoms with Gasteiger partial charge in [-0.25, -0.2) is 17.6 Å². The van der Waals surface area contributed by atoms with Crippen LogP contribution in [0.2, 0.25) is 0 Å². The topological polar surface area (TPSA) is 126 Å². The van der Waals surface area contributed by atoms with Crippen molar-refractivity contribution < 1.29 is 27.2 Å². The summed E-state index contributed by atoms with van der Waals surface area (Å²) in [5.41, 5.74) is 1.37. The van der Waals surface area contributed by atoms with Crippen LogP contribution in [0.15, 0.2) is 40.9 Å². The molecule has 3 aromatic rings. The zero-order valence-corrected chi connectivity index (χ0v) is 20.2. The number of carboxylic acids is 1. The number of anilines is 2. The number of carboxylic acid groups (broad SMARTS) is 1. The molecule has 0 aliphatic rings. The summed E-state index contributed by atoms with van der Waals surface area (Å²) in [6, 6.07) is 8.69. The Morgan fingerprint density at radius 3 is 2.50 bits per heavy atom. The van der Waals surface area contributed by atoms with Crippen LogP contribution in [0.5, 0.6) is 0 Å². The highest BCUT2D eigenvalue weighted by Crippen LogP contribution is 2.33. The predicted octanol–water partition coefficient (Wildman–Crippen LogP) is 4.48. The molecule has 0 amide bonds. The van der Waals surface area contributed by atoms with Crippen LogP contribution in [0.25, 0.3) is 22.8 Å². The number of halogens is 1. The number of hydrogen-bond donors (Lipinski definition) is 2. The van der Waals surface area contributed by atoms with Gasteiger partial charge in [0.25, 0.3) is 5.89 Å². The molecule has 0 aliphatic carbocycles. The monoisotopic (exact) mass is 490 g/mol. The van der Waals surface area contributed by atoms with Crippen LogP contribution in [0.4, 0.5) is 15.8 Å². The van der Waals surface area contributed by atoms with E-state index in [1.807, 2.05) is 0 Å². The van der Waals surface area contributed by atoms with Crippen molar-refractivity contribution in [1.29, 1.82) is 0 Å². The average Bonchev–Trinajstić information content (AvgIpc) is 3.22. The lowest BCUT2D eigenvalue weighted by molar-refractivity contribution is 0.0692. The molecule has 2 aromatic carbocycles. The maximum absolute atomic E-state index is 14.1. The van der Waals surface area contributed by atoms with E-state index >= 15 is 0 Å². The van der Waals surface area contributed by atoms with Gasteiger partial charge in [0.2, 0.25) is 15.8 Å². The molecule has 0 atom stereocenters. The van der Waals surface area contributed by atoms with Gasteiger partial charge in [0, 0.05) is 24.2 Å². The lowest BCUT2D eigenvalue weighted by atomic mass is 10.1. The van der Waals surface area contributed by atoms with Crippen molar-refractivity contribution in [2.24, 2.45) is 5.92 Å². The lowest BCUT2D eigenvalue weighted by Gasteiger charge is -2.28. The first-order valence-electron chi connectivity index (χ1n) is 10.7. The molecule has 0 fully saturated rings. The summed E-state index contributed by atoms with van der Waals surface area (Å²) in [7, 11) is -3.56. The lowest BCUT2D eigenvalue weighted by Crippen LogP contribution is -2.29. The molecule has 0 bridgehead atoms. The summed E-state index contributed by atoms with van der Waals surface area (Å²) in [4.78, 5) is 17.4. The van der Waals surface area contributed by atoms with Gasteiger partial charge in [-0.1, -0.05) is 25.9 Å². The number of benzene rings is 2. The zero-order valence-electron chi connectivity index (χ0n) is 19.4. The third kappa shape index (κ3) is 6.10. The minimum Gasteiger partial charge on any atom is -0.478 e. The fourth-order valence-electron chi connectivity index (χ4n) is 3.53. The molecular weight excluding hydrogens is 463 g/mol. The van der Waals surface area contributed by atoms with Gasteiger partial charge in [-0.2, -0.15) is 4.98 Å². The third-order valence-corrected chi connectivity index (χ3v) is 5.43. The number of nitrogens with one attached hydrogen (secondary N) is 1. The Bertz CT molecular complexity index is 1290. The van der Waals surface area contributed by atoms with Gasteiger partial charge < -0.3 is 14.5 Å². The van der Waals surface area contributed by atoms with Crippen molar-refractivity contribution in [2.45, 2.75) is 27.2 Å². The molecule has 11 heteroatoms. The first kappa shape index (κ1) is 25.2. The van der Waals surface area contributed by atoms with E-state index in [-0.39, 0.29) is 17.3 Å². The molecule has 0 spiro atoms. The number of rotatable bonds is 10. The van der Waals surface area contributed by atoms with Gasteiger partial charge in [-0.15, -0.1) is 0 Å². The number of carbonyl (C=O) groups is 1. The summed E-state index contributed by atoms with van der Waals surface area (Å²) in [5.74, 6) is -1.75. The molecule has 9 nitrogen and oxygen atoms in total. The fraction of sp³-hybridized carbons (Fsp3) is 0.348. The first-order valence-corrected chi connectivity index (χ1v) is 12.6. The second kappa shape index (κ2) is 10.2. The smallest absolute Gasteiger partial charge is 0.338 e. The largest absolute Gasteiger partial charge is 0.478 e. The highest BCUT2D eigenvalue weighted by Gasteiger charge is 2.19. The van der Waals surface area contributed by atoms with Crippen molar-refractivity contribution in [3.05, 3.63) is 47.8 Å². The molecule has 3 rings (SSSR count). The number of sulfonamides is 1. The summed E-state index contributed by atoms with van der Waals surface area (Å²) in [5, 5.41) is 12.8. The van der Waals surface area contributed by atoms with E-state index < -0.39 is 27.4 Å². The molecule has 0 unspecified atom stereocenters. The Balaban J connectivity index is 2.01. The predicted molar refractivity (Wildman–Crippen MR) is 128 cm³/mol.